The topological polar surface area (TPSA) is 85.3 Å². The fourth-order valence-corrected chi connectivity index (χ4v) is 2.46. The van der Waals surface area contributed by atoms with Crippen LogP contribution in [0.4, 0.5) is 11.4 Å². The summed E-state index contributed by atoms with van der Waals surface area (Å²) in [6.45, 7) is 1.37. The van der Waals surface area contributed by atoms with Crippen LogP contribution < -0.4 is 10.6 Å². The summed E-state index contributed by atoms with van der Waals surface area (Å²) in [4.78, 5) is 16.3. The summed E-state index contributed by atoms with van der Waals surface area (Å²) >= 11 is 5.81. The van der Waals surface area contributed by atoms with Crippen LogP contribution in [-0.2, 0) is 0 Å². The molecule has 1 aromatic rings. The standard InChI is InChI=1S/C11H15ClN4O2/c12-11-10(16(17)18)9(4-5-14-11)15-6-2-1-3-8(13)7-15/h4-5,8H,1-3,6-7,13H2. The highest BCUT2D eigenvalue weighted by atomic mass is 35.5. The number of nitrogens with zero attached hydrogens (tertiary/aromatic N) is 3. The quantitative estimate of drug-likeness (QED) is 0.504. The van der Waals surface area contributed by atoms with Gasteiger partial charge >= 0.3 is 5.69 Å². The maximum atomic E-state index is 11.1. The van der Waals surface area contributed by atoms with Crippen LogP contribution in [0.2, 0.25) is 5.15 Å². The van der Waals surface area contributed by atoms with Crippen molar-refractivity contribution in [1.29, 1.82) is 0 Å². The molecule has 7 heteroatoms. The Bertz CT molecular complexity index is 455. The average Bonchev–Trinajstić information content (AvgIpc) is 2.53. The van der Waals surface area contributed by atoms with Gasteiger partial charge in [0.1, 0.15) is 5.69 Å². The Hall–Kier alpha value is -1.40. The number of hydrogen-bond donors (Lipinski definition) is 1. The molecule has 1 aromatic heterocycles. The third kappa shape index (κ3) is 2.70. The molecule has 0 radical (unpaired) electrons. The van der Waals surface area contributed by atoms with E-state index in [2.05, 4.69) is 4.98 Å². The van der Waals surface area contributed by atoms with E-state index in [9.17, 15) is 10.1 Å². The molecule has 0 amide bonds. The van der Waals surface area contributed by atoms with Gasteiger partial charge in [0.25, 0.3) is 0 Å². The molecule has 2 heterocycles. The van der Waals surface area contributed by atoms with Gasteiger partial charge in [0.05, 0.1) is 4.92 Å². The smallest absolute Gasteiger partial charge is 0.329 e. The highest BCUT2D eigenvalue weighted by Crippen LogP contribution is 2.34. The molecule has 2 rings (SSSR count). The van der Waals surface area contributed by atoms with Crippen molar-refractivity contribution in [2.24, 2.45) is 5.73 Å². The molecular weight excluding hydrogens is 256 g/mol. The van der Waals surface area contributed by atoms with E-state index in [1.807, 2.05) is 4.90 Å². The minimum absolute atomic E-state index is 0.0408. The van der Waals surface area contributed by atoms with Gasteiger partial charge in [0.15, 0.2) is 0 Å². The van der Waals surface area contributed by atoms with Gasteiger partial charge < -0.3 is 10.6 Å². The Labute approximate surface area is 110 Å². The van der Waals surface area contributed by atoms with Crippen molar-refractivity contribution < 1.29 is 4.92 Å². The second-order valence-electron chi connectivity index (χ2n) is 4.43. The van der Waals surface area contributed by atoms with Crippen molar-refractivity contribution in [1.82, 2.24) is 4.98 Å². The molecule has 0 saturated carbocycles. The normalized spacial score (nSPS) is 20.6. The first kappa shape index (κ1) is 13.0. The van der Waals surface area contributed by atoms with Crippen molar-refractivity contribution in [2.45, 2.75) is 25.3 Å². The summed E-state index contributed by atoms with van der Waals surface area (Å²) in [6, 6.07) is 1.67. The molecule has 1 aliphatic rings. The molecule has 1 fully saturated rings. The van der Waals surface area contributed by atoms with Crippen LogP contribution in [0.1, 0.15) is 19.3 Å². The van der Waals surface area contributed by atoms with E-state index < -0.39 is 4.92 Å². The van der Waals surface area contributed by atoms with E-state index >= 15 is 0 Å². The SMILES string of the molecule is NC1CCCCN(c2ccnc(Cl)c2[N+](=O)[O-])C1. The first-order valence-corrected chi connectivity index (χ1v) is 6.27. The Morgan fingerprint density at radius 3 is 3.06 bits per heavy atom. The van der Waals surface area contributed by atoms with Crippen LogP contribution in [0.3, 0.4) is 0 Å². The predicted molar refractivity (Wildman–Crippen MR) is 69.9 cm³/mol. The fourth-order valence-electron chi connectivity index (χ4n) is 2.24. The molecule has 0 spiro atoms. The summed E-state index contributed by atoms with van der Waals surface area (Å²) in [7, 11) is 0. The van der Waals surface area contributed by atoms with Crippen molar-refractivity contribution >= 4 is 23.0 Å². The molecule has 0 bridgehead atoms. The number of aromatic nitrogens is 1. The third-order valence-corrected chi connectivity index (χ3v) is 3.37. The van der Waals surface area contributed by atoms with Crippen molar-refractivity contribution in [3.63, 3.8) is 0 Å². The Morgan fingerprint density at radius 1 is 1.56 bits per heavy atom. The molecule has 1 unspecified atom stereocenters. The molecule has 1 atom stereocenters. The Kier molecular flexibility index (Phi) is 3.98. The minimum Gasteiger partial charge on any atom is -0.364 e. The zero-order chi connectivity index (χ0) is 13.1. The van der Waals surface area contributed by atoms with Crippen LogP contribution in [0.15, 0.2) is 12.3 Å². The maximum absolute atomic E-state index is 11.1. The van der Waals surface area contributed by atoms with E-state index in [0.717, 1.165) is 25.8 Å². The highest BCUT2D eigenvalue weighted by molar-refractivity contribution is 6.32. The molecule has 0 aromatic carbocycles. The highest BCUT2D eigenvalue weighted by Gasteiger charge is 2.26. The van der Waals surface area contributed by atoms with Gasteiger partial charge in [0, 0.05) is 25.3 Å². The molecular formula is C11H15ClN4O2. The third-order valence-electron chi connectivity index (χ3n) is 3.09. The van der Waals surface area contributed by atoms with E-state index in [1.165, 1.54) is 6.20 Å². The average molecular weight is 271 g/mol. The van der Waals surface area contributed by atoms with Crippen molar-refractivity contribution in [2.75, 3.05) is 18.0 Å². The summed E-state index contributed by atoms with van der Waals surface area (Å²) in [5.41, 5.74) is 6.35. The van der Waals surface area contributed by atoms with Crippen molar-refractivity contribution in [3.8, 4) is 0 Å². The first-order chi connectivity index (χ1) is 8.59. The molecule has 1 saturated heterocycles. The lowest BCUT2D eigenvalue weighted by molar-refractivity contribution is -0.384. The van der Waals surface area contributed by atoms with E-state index in [0.29, 0.717) is 12.2 Å². The molecule has 1 aliphatic heterocycles. The lowest BCUT2D eigenvalue weighted by Gasteiger charge is -2.24. The molecule has 6 nitrogen and oxygen atoms in total. The zero-order valence-electron chi connectivity index (χ0n) is 9.88. The Morgan fingerprint density at radius 2 is 2.33 bits per heavy atom. The maximum Gasteiger partial charge on any atom is 0.329 e. The van der Waals surface area contributed by atoms with E-state index in [1.54, 1.807) is 6.07 Å². The van der Waals surface area contributed by atoms with Gasteiger partial charge in [-0.15, -0.1) is 0 Å². The molecule has 98 valence electrons. The van der Waals surface area contributed by atoms with Gasteiger partial charge in [0.2, 0.25) is 5.15 Å². The molecule has 0 aliphatic carbocycles. The number of nitrogens with two attached hydrogens (primary N) is 1. The fraction of sp³-hybridized carbons (Fsp3) is 0.545. The second kappa shape index (κ2) is 5.49. The van der Waals surface area contributed by atoms with Gasteiger partial charge in [-0.1, -0.05) is 18.0 Å². The van der Waals surface area contributed by atoms with Gasteiger partial charge in [-0.2, -0.15) is 0 Å². The first-order valence-electron chi connectivity index (χ1n) is 5.89. The van der Waals surface area contributed by atoms with Crippen LogP contribution in [-0.4, -0.2) is 29.0 Å². The zero-order valence-corrected chi connectivity index (χ0v) is 10.6. The lowest BCUT2D eigenvalue weighted by atomic mass is 10.1. The minimum atomic E-state index is -0.485. The molecule has 18 heavy (non-hydrogen) atoms. The summed E-state index contributed by atoms with van der Waals surface area (Å²) in [6.07, 6.45) is 4.46. The predicted octanol–water partition coefficient (Wildman–Crippen LogP) is 1.96. The van der Waals surface area contributed by atoms with Crippen LogP contribution in [0.25, 0.3) is 0 Å². The summed E-state index contributed by atoms with van der Waals surface area (Å²) in [5, 5.41) is 11.0. The number of pyridine rings is 1. The van der Waals surface area contributed by atoms with Gasteiger partial charge in [-0.25, -0.2) is 4.98 Å². The number of nitro groups is 1. The van der Waals surface area contributed by atoms with Crippen LogP contribution in [0.5, 0.6) is 0 Å². The number of hydrogen-bond acceptors (Lipinski definition) is 5. The van der Waals surface area contributed by atoms with Gasteiger partial charge in [-0.05, 0) is 18.9 Å². The Balaban J connectivity index is 2.37. The van der Waals surface area contributed by atoms with E-state index in [4.69, 9.17) is 17.3 Å². The lowest BCUT2D eigenvalue weighted by Crippen LogP contribution is -2.36. The molecule has 2 N–H and O–H groups in total. The van der Waals surface area contributed by atoms with Crippen LogP contribution in [0, 0.1) is 10.1 Å². The largest absolute Gasteiger partial charge is 0.364 e. The number of halogens is 1. The summed E-state index contributed by atoms with van der Waals surface area (Å²) in [5.74, 6) is 0. The van der Waals surface area contributed by atoms with Crippen molar-refractivity contribution in [3.05, 3.63) is 27.5 Å². The second-order valence-corrected chi connectivity index (χ2v) is 4.79. The number of rotatable bonds is 2. The monoisotopic (exact) mass is 270 g/mol. The van der Waals surface area contributed by atoms with Gasteiger partial charge in [-0.3, -0.25) is 10.1 Å². The van der Waals surface area contributed by atoms with Crippen LogP contribution >= 0.6 is 11.6 Å². The number of anilines is 1. The van der Waals surface area contributed by atoms with E-state index in [-0.39, 0.29) is 16.9 Å². The summed E-state index contributed by atoms with van der Waals surface area (Å²) < 4.78 is 0.